The van der Waals surface area contributed by atoms with E-state index in [0.717, 1.165) is 29.4 Å². The quantitative estimate of drug-likeness (QED) is 0.820. The average molecular weight is 231 g/mol. The van der Waals surface area contributed by atoms with Gasteiger partial charge in [0.25, 0.3) is 0 Å². The summed E-state index contributed by atoms with van der Waals surface area (Å²) in [5.74, 6) is 0.523. The van der Waals surface area contributed by atoms with Crippen molar-refractivity contribution < 1.29 is 4.39 Å². The Morgan fingerprint density at radius 2 is 1.76 bits per heavy atom. The molecule has 0 radical (unpaired) electrons. The Balaban J connectivity index is 2.12. The van der Waals surface area contributed by atoms with Crippen molar-refractivity contribution in [2.75, 3.05) is 11.9 Å². The molecule has 2 rings (SSSR count). The molecule has 1 N–H and O–H groups in total. The van der Waals surface area contributed by atoms with E-state index >= 15 is 0 Å². The van der Waals surface area contributed by atoms with E-state index < -0.39 is 0 Å². The third-order valence-corrected chi connectivity index (χ3v) is 2.85. The van der Waals surface area contributed by atoms with Crippen molar-refractivity contribution in [1.29, 1.82) is 0 Å². The Labute approximate surface area is 102 Å². The molecule has 0 aliphatic heterocycles. The SMILES string of the molecule is CC(C)CCNc1ccc2cc(F)ccc2c1. The molecule has 0 fully saturated rings. The zero-order valence-corrected chi connectivity index (χ0v) is 10.3. The second-order valence-electron chi connectivity index (χ2n) is 4.82. The van der Waals surface area contributed by atoms with Crippen molar-refractivity contribution in [2.24, 2.45) is 5.92 Å². The molecule has 17 heavy (non-hydrogen) atoms. The number of hydrogen-bond donors (Lipinski definition) is 1. The molecule has 90 valence electrons. The fourth-order valence-electron chi connectivity index (χ4n) is 1.83. The fraction of sp³-hybridized carbons (Fsp3) is 0.333. The Kier molecular flexibility index (Phi) is 3.62. The molecule has 0 atom stereocenters. The summed E-state index contributed by atoms with van der Waals surface area (Å²) in [6, 6.07) is 10.9. The van der Waals surface area contributed by atoms with E-state index in [2.05, 4.69) is 25.2 Å². The highest BCUT2D eigenvalue weighted by atomic mass is 19.1. The van der Waals surface area contributed by atoms with Crippen molar-refractivity contribution in [2.45, 2.75) is 20.3 Å². The third kappa shape index (κ3) is 3.19. The Morgan fingerprint density at radius 1 is 1.06 bits per heavy atom. The van der Waals surface area contributed by atoms with Crippen LogP contribution in [0.4, 0.5) is 10.1 Å². The molecule has 0 saturated heterocycles. The first-order valence-electron chi connectivity index (χ1n) is 6.08. The molecular formula is C15H18FN. The predicted molar refractivity (Wildman–Crippen MR) is 71.9 cm³/mol. The monoisotopic (exact) mass is 231 g/mol. The summed E-state index contributed by atoms with van der Waals surface area (Å²) in [6.07, 6.45) is 1.15. The minimum atomic E-state index is -0.182. The van der Waals surface area contributed by atoms with Crippen LogP contribution in [0.15, 0.2) is 36.4 Å². The average Bonchev–Trinajstić information content (AvgIpc) is 2.29. The lowest BCUT2D eigenvalue weighted by molar-refractivity contribution is 0.607. The lowest BCUT2D eigenvalue weighted by Crippen LogP contribution is -2.04. The van der Waals surface area contributed by atoms with Crippen LogP contribution in [0.25, 0.3) is 10.8 Å². The van der Waals surface area contributed by atoms with Gasteiger partial charge < -0.3 is 5.32 Å². The summed E-state index contributed by atoms with van der Waals surface area (Å²) >= 11 is 0. The zero-order valence-electron chi connectivity index (χ0n) is 10.3. The minimum absolute atomic E-state index is 0.182. The Bertz CT molecular complexity index is 505. The van der Waals surface area contributed by atoms with Gasteiger partial charge in [-0.25, -0.2) is 4.39 Å². The highest BCUT2D eigenvalue weighted by molar-refractivity contribution is 5.85. The van der Waals surface area contributed by atoms with E-state index in [4.69, 9.17) is 0 Å². The smallest absolute Gasteiger partial charge is 0.123 e. The van der Waals surface area contributed by atoms with Gasteiger partial charge >= 0.3 is 0 Å². The van der Waals surface area contributed by atoms with Crippen LogP contribution in [-0.4, -0.2) is 6.54 Å². The first-order valence-corrected chi connectivity index (χ1v) is 6.08. The van der Waals surface area contributed by atoms with Crippen molar-refractivity contribution in [1.82, 2.24) is 0 Å². The number of benzene rings is 2. The Morgan fingerprint density at radius 3 is 2.53 bits per heavy atom. The molecule has 0 spiro atoms. The molecule has 0 saturated carbocycles. The third-order valence-electron chi connectivity index (χ3n) is 2.85. The summed E-state index contributed by atoms with van der Waals surface area (Å²) in [5.41, 5.74) is 1.10. The number of anilines is 1. The maximum Gasteiger partial charge on any atom is 0.123 e. The van der Waals surface area contributed by atoms with Crippen LogP contribution >= 0.6 is 0 Å². The second kappa shape index (κ2) is 5.17. The van der Waals surface area contributed by atoms with Gasteiger partial charge in [-0.1, -0.05) is 26.0 Å². The van der Waals surface area contributed by atoms with Crippen molar-refractivity contribution in [3.63, 3.8) is 0 Å². The van der Waals surface area contributed by atoms with Gasteiger partial charge in [0.1, 0.15) is 5.82 Å². The van der Waals surface area contributed by atoms with Crippen LogP contribution in [-0.2, 0) is 0 Å². The van der Waals surface area contributed by atoms with E-state index in [0.29, 0.717) is 5.92 Å². The lowest BCUT2D eigenvalue weighted by Gasteiger charge is -2.09. The highest BCUT2D eigenvalue weighted by Crippen LogP contribution is 2.20. The van der Waals surface area contributed by atoms with E-state index in [1.807, 2.05) is 18.2 Å². The topological polar surface area (TPSA) is 12.0 Å². The highest BCUT2D eigenvalue weighted by Gasteiger charge is 1.99. The second-order valence-corrected chi connectivity index (χ2v) is 4.82. The molecule has 2 aromatic carbocycles. The summed E-state index contributed by atoms with van der Waals surface area (Å²) in [6.45, 7) is 5.40. The normalized spacial score (nSPS) is 11.1. The van der Waals surface area contributed by atoms with E-state index in [9.17, 15) is 4.39 Å². The van der Waals surface area contributed by atoms with Gasteiger partial charge in [-0.3, -0.25) is 0 Å². The van der Waals surface area contributed by atoms with Crippen LogP contribution in [0.3, 0.4) is 0 Å². The van der Waals surface area contributed by atoms with Gasteiger partial charge in [0, 0.05) is 12.2 Å². The van der Waals surface area contributed by atoms with Crippen LogP contribution in [0.5, 0.6) is 0 Å². The van der Waals surface area contributed by atoms with Crippen molar-refractivity contribution in [3.8, 4) is 0 Å². The molecular weight excluding hydrogens is 213 g/mol. The molecule has 0 aromatic heterocycles. The molecule has 0 unspecified atom stereocenters. The molecule has 2 aromatic rings. The van der Waals surface area contributed by atoms with E-state index in [1.54, 1.807) is 6.07 Å². The lowest BCUT2D eigenvalue weighted by atomic mass is 10.1. The van der Waals surface area contributed by atoms with Crippen LogP contribution in [0, 0.1) is 11.7 Å². The number of hydrogen-bond acceptors (Lipinski definition) is 1. The van der Waals surface area contributed by atoms with Gasteiger partial charge in [0.05, 0.1) is 0 Å². The van der Waals surface area contributed by atoms with E-state index in [-0.39, 0.29) is 5.82 Å². The number of nitrogens with one attached hydrogen (secondary N) is 1. The van der Waals surface area contributed by atoms with Crippen molar-refractivity contribution in [3.05, 3.63) is 42.2 Å². The fourth-order valence-corrected chi connectivity index (χ4v) is 1.83. The summed E-state index contributed by atoms with van der Waals surface area (Å²) < 4.78 is 13.0. The maximum atomic E-state index is 13.0. The first-order chi connectivity index (χ1) is 8.15. The number of fused-ring (bicyclic) bond motifs is 1. The van der Waals surface area contributed by atoms with Gasteiger partial charge in [-0.15, -0.1) is 0 Å². The van der Waals surface area contributed by atoms with Crippen LogP contribution < -0.4 is 5.32 Å². The Hall–Kier alpha value is -1.57. The molecule has 0 amide bonds. The molecule has 0 bridgehead atoms. The zero-order chi connectivity index (χ0) is 12.3. The van der Waals surface area contributed by atoms with Gasteiger partial charge in [0.2, 0.25) is 0 Å². The van der Waals surface area contributed by atoms with Crippen LogP contribution in [0.2, 0.25) is 0 Å². The molecule has 0 heterocycles. The maximum absolute atomic E-state index is 13.0. The van der Waals surface area contributed by atoms with Gasteiger partial charge in [-0.05, 0) is 47.4 Å². The standard InChI is InChI=1S/C15H18FN/c1-11(2)7-8-17-15-6-4-12-9-14(16)5-3-13(12)10-15/h3-6,9-11,17H,7-8H2,1-2H3. The molecule has 0 aliphatic carbocycles. The summed E-state index contributed by atoms with van der Waals surface area (Å²) in [5, 5.41) is 5.40. The van der Waals surface area contributed by atoms with Crippen molar-refractivity contribution >= 4 is 16.5 Å². The first kappa shape index (κ1) is 11.9. The largest absolute Gasteiger partial charge is 0.385 e. The summed E-state index contributed by atoms with van der Waals surface area (Å²) in [7, 11) is 0. The van der Waals surface area contributed by atoms with E-state index in [1.165, 1.54) is 6.07 Å². The predicted octanol–water partition coefficient (Wildman–Crippen LogP) is 4.44. The molecule has 0 aliphatic rings. The molecule has 1 nitrogen and oxygen atoms in total. The molecule has 2 heteroatoms. The van der Waals surface area contributed by atoms with Crippen LogP contribution in [0.1, 0.15) is 20.3 Å². The summed E-state index contributed by atoms with van der Waals surface area (Å²) in [4.78, 5) is 0. The number of halogens is 1. The minimum Gasteiger partial charge on any atom is -0.385 e. The van der Waals surface area contributed by atoms with Gasteiger partial charge in [0.15, 0.2) is 0 Å². The number of rotatable bonds is 4. The van der Waals surface area contributed by atoms with Gasteiger partial charge in [-0.2, -0.15) is 0 Å².